The van der Waals surface area contributed by atoms with Gasteiger partial charge in [0.2, 0.25) is 21.8 Å². The van der Waals surface area contributed by atoms with E-state index < -0.39 is 40.2 Å². The number of carbonyl (C=O) groups is 2. The molecule has 0 saturated heterocycles. The lowest BCUT2D eigenvalue weighted by Crippen LogP contribution is -2.54. The zero-order valence-electron chi connectivity index (χ0n) is 22.2. The van der Waals surface area contributed by atoms with Crippen molar-refractivity contribution >= 4 is 43.5 Å². The van der Waals surface area contributed by atoms with Crippen molar-refractivity contribution in [3.63, 3.8) is 0 Å². The van der Waals surface area contributed by atoms with Gasteiger partial charge in [-0.25, -0.2) is 12.8 Å². The minimum Gasteiger partial charge on any atom is -0.352 e. The van der Waals surface area contributed by atoms with E-state index in [1.807, 2.05) is 44.2 Å². The molecule has 0 fully saturated rings. The molecule has 0 saturated carbocycles. The van der Waals surface area contributed by atoms with E-state index in [1.54, 1.807) is 42.5 Å². The zero-order chi connectivity index (χ0) is 28.6. The lowest BCUT2D eigenvalue weighted by molar-refractivity contribution is -0.140. The van der Waals surface area contributed by atoms with Crippen LogP contribution in [0, 0.1) is 5.82 Å². The van der Waals surface area contributed by atoms with Crippen molar-refractivity contribution in [2.24, 2.45) is 0 Å². The van der Waals surface area contributed by atoms with E-state index in [0.29, 0.717) is 10.9 Å². The summed E-state index contributed by atoms with van der Waals surface area (Å²) in [5.74, 6) is -1.56. The molecule has 0 aromatic heterocycles. The van der Waals surface area contributed by atoms with Gasteiger partial charge in [0.25, 0.3) is 0 Å². The summed E-state index contributed by atoms with van der Waals surface area (Å²) in [4.78, 5) is 28.9. The van der Waals surface area contributed by atoms with Crippen LogP contribution in [0.5, 0.6) is 0 Å². The van der Waals surface area contributed by atoms with Gasteiger partial charge in [-0.3, -0.25) is 13.9 Å². The third-order valence-electron chi connectivity index (χ3n) is 6.37. The van der Waals surface area contributed by atoms with Crippen LogP contribution in [-0.2, 0) is 32.6 Å². The molecule has 3 rings (SSSR count). The van der Waals surface area contributed by atoms with E-state index in [4.69, 9.17) is 0 Å². The number of anilines is 1. The Labute approximate surface area is 238 Å². The fraction of sp³-hybridized carbons (Fsp3) is 0.310. The number of hydrogen-bond donors (Lipinski definition) is 1. The molecule has 0 radical (unpaired) electrons. The molecule has 0 bridgehead atoms. The number of rotatable bonds is 12. The van der Waals surface area contributed by atoms with E-state index >= 15 is 0 Å². The highest BCUT2D eigenvalue weighted by molar-refractivity contribution is 9.10. The van der Waals surface area contributed by atoms with Gasteiger partial charge >= 0.3 is 0 Å². The topological polar surface area (TPSA) is 86.8 Å². The van der Waals surface area contributed by atoms with Gasteiger partial charge in [0.05, 0.1) is 11.9 Å². The van der Waals surface area contributed by atoms with E-state index in [1.165, 1.54) is 11.0 Å². The van der Waals surface area contributed by atoms with Crippen LogP contribution in [-0.4, -0.2) is 50.0 Å². The van der Waals surface area contributed by atoms with Crippen LogP contribution in [0.25, 0.3) is 0 Å². The lowest BCUT2D eigenvalue weighted by atomic mass is 10.0. The Morgan fingerprint density at radius 3 is 2.21 bits per heavy atom. The van der Waals surface area contributed by atoms with Gasteiger partial charge in [-0.1, -0.05) is 67.6 Å². The molecular weight excluding hydrogens is 585 g/mol. The molecule has 3 aromatic rings. The van der Waals surface area contributed by atoms with Crippen molar-refractivity contribution in [3.8, 4) is 0 Å². The van der Waals surface area contributed by atoms with Gasteiger partial charge in [0.15, 0.2) is 0 Å². The summed E-state index contributed by atoms with van der Waals surface area (Å²) in [5.41, 5.74) is 1.30. The Hall–Kier alpha value is -3.24. The number of hydrogen-bond acceptors (Lipinski definition) is 4. The van der Waals surface area contributed by atoms with Gasteiger partial charge in [0, 0.05) is 29.0 Å². The molecule has 0 aliphatic heterocycles. The highest BCUT2D eigenvalue weighted by Gasteiger charge is 2.34. The summed E-state index contributed by atoms with van der Waals surface area (Å²) in [7, 11) is -3.90. The van der Waals surface area contributed by atoms with Gasteiger partial charge in [-0.2, -0.15) is 0 Å². The van der Waals surface area contributed by atoms with Crippen LogP contribution in [0.2, 0.25) is 0 Å². The number of halogens is 2. The second-order valence-corrected chi connectivity index (χ2v) is 12.1. The first-order chi connectivity index (χ1) is 18.5. The highest BCUT2D eigenvalue weighted by Crippen LogP contribution is 2.28. The Kier molecular flexibility index (Phi) is 10.7. The molecule has 2 amide bonds. The molecule has 208 valence electrons. The predicted molar refractivity (Wildman–Crippen MR) is 155 cm³/mol. The average molecular weight is 619 g/mol. The summed E-state index contributed by atoms with van der Waals surface area (Å²) in [5, 5.41) is 2.94. The fourth-order valence-corrected chi connectivity index (χ4v) is 5.53. The number of nitrogens with one attached hydrogen (secondary N) is 1. The Morgan fingerprint density at radius 1 is 0.974 bits per heavy atom. The standard InChI is InChI=1S/C29H33BrFN3O4S/c1-4-21(2)32-29(36)27(18-22-12-6-5-7-13-22)33(19-23-14-8-10-16-25(23)31)28(35)20-34(39(3,37)38)26-17-11-9-15-24(26)30/h5-17,21,27H,4,18-20H2,1-3H3,(H,32,36)/t21-,27-/m1/s1. The molecule has 3 aromatic carbocycles. The number of carbonyl (C=O) groups excluding carboxylic acids is 2. The molecule has 0 unspecified atom stereocenters. The second-order valence-electron chi connectivity index (χ2n) is 9.36. The van der Waals surface area contributed by atoms with Crippen LogP contribution in [0.3, 0.4) is 0 Å². The molecule has 0 spiro atoms. The van der Waals surface area contributed by atoms with Crippen LogP contribution in [0.15, 0.2) is 83.3 Å². The van der Waals surface area contributed by atoms with E-state index in [-0.39, 0.29) is 30.3 Å². The molecule has 0 heterocycles. The molecular formula is C29H33BrFN3O4S. The number of nitrogens with zero attached hydrogens (tertiary/aromatic N) is 2. The average Bonchev–Trinajstić information content (AvgIpc) is 2.90. The third-order valence-corrected chi connectivity index (χ3v) is 8.17. The van der Waals surface area contributed by atoms with Crippen molar-refractivity contribution in [2.45, 2.75) is 45.3 Å². The third kappa shape index (κ3) is 8.37. The summed E-state index contributed by atoms with van der Waals surface area (Å²) >= 11 is 3.37. The minimum atomic E-state index is -3.90. The normalized spacial score (nSPS) is 12.8. The first kappa shape index (κ1) is 30.3. The van der Waals surface area contributed by atoms with Gasteiger partial charge in [0.1, 0.15) is 18.4 Å². The molecule has 10 heteroatoms. The van der Waals surface area contributed by atoms with Gasteiger partial charge in [-0.05, 0) is 53.0 Å². The van der Waals surface area contributed by atoms with Crippen LogP contribution < -0.4 is 9.62 Å². The monoisotopic (exact) mass is 617 g/mol. The largest absolute Gasteiger partial charge is 0.352 e. The van der Waals surface area contributed by atoms with Crippen LogP contribution in [0.4, 0.5) is 10.1 Å². The summed E-state index contributed by atoms with van der Waals surface area (Å²) in [6.07, 6.45) is 1.85. The number of sulfonamides is 1. The molecule has 7 nitrogen and oxygen atoms in total. The molecule has 0 aliphatic carbocycles. The first-order valence-electron chi connectivity index (χ1n) is 12.6. The minimum absolute atomic E-state index is 0.158. The molecule has 1 N–H and O–H groups in total. The Bertz CT molecular complexity index is 1390. The quantitative estimate of drug-likeness (QED) is 0.313. The van der Waals surface area contributed by atoms with Crippen molar-refractivity contribution in [1.82, 2.24) is 10.2 Å². The zero-order valence-corrected chi connectivity index (χ0v) is 24.6. The van der Waals surface area contributed by atoms with Crippen molar-refractivity contribution in [1.29, 1.82) is 0 Å². The lowest BCUT2D eigenvalue weighted by Gasteiger charge is -2.34. The van der Waals surface area contributed by atoms with Gasteiger partial charge < -0.3 is 10.2 Å². The molecule has 39 heavy (non-hydrogen) atoms. The van der Waals surface area contributed by atoms with Crippen LogP contribution in [0.1, 0.15) is 31.4 Å². The summed E-state index contributed by atoms with van der Waals surface area (Å²) < 4.78 is 41.9. The van der Waals surface area contributed by atoms with Crippen molar-refractivity contribution in [3.05, 3.63) is 100 Å². The van der Waals surface area contributed by atoms with Crippen LogP contribution >= 0.6 is 15.9 Å². The molecule has 0 aliphatic rings. The molecule has 2 atom stereocenters. The summed E-state index contributed by atoms with van der Waals surface area (Å²) in [6.45, 7) is 3.00. The van der Waals surface area contributed by atoms with Gasteiger partial charge in [-0.15, -0.1) is 0 Å². The second kappa shape index (κ2) is 13.7. The van der Waals surface area contributed by atoms with Crippen molar-refractivity contribution < 1.29 is 22.4 Å². The SMILES string of the molecule is CC[C@@H](C)NC(=O)[C@@H](Cc1ccccc1)N(Cc1ccccc1F)C(=O)CN(c1ccccc1Br)S(C)(=O)=O. The van der Waals surface area contributed by atoms with Crippen molar-refractivity contribution in [2.75, 3.05) is 17.1 Å². The fourth-order valence-electron chi connectivity index (χ4n) is 4.05. The maximum Gasteiger partial charge on any atom is 0.244 e. The number of para-hydroxylation sites is 1. The maximum absolute atomic E-state index is 14.8. The van der Waals surface area contributed by atoms with E-state index in [0.717, 1.165) is 16.1 Å². The number of amides is 2. The maximum atomic E-state index is 14.8. The number of benzene rings is 3. The first-order valence-corrected chi connectivity index (χ1v) is 15.2. The van der Waals surface area contributed by atoms with E-state index in [9.17, 15) is 22.4 Å². The predicted octanol–water partition coefficient (Wildman–Crippen LogP) is 4.91. The Morgan fingerprint density at radius 2 is 1.59 bits per heavy atom. The Balaban J connectivity index is 2.08. The van der Waals surface area contributed by atoms with E-state index in [2.05, 4.69) is 21.2 Å². The smallest absolute Gasteiger partial charge is 0.244 e. The highest BCUT2D eigenvalue weighted by atomic mass is 79.9. The summed E-state index contributed by atoms with van der Waals surface area (Å²) in [6, 6.07) is 20.7.